The second-order valence-electron chi connectivity index (χ2n) is 3.81. The van der Waals surface area contributed by atoms with Crippen LogP contribution in [-0.2, 0) is 0 Å². The lowest BCUT2D eigenvalue weighted by Crippen LogP contribution is -2.12. The van der Waals surface area contributed by atoms with Gasteiger partial charge in [0.1, 0.15) is 24.3 Å². The summed E-state index contributed by atoms with van der Waals surface area (Å²) in [5.41, 5.74) is -0.570. The van der Waals surface area contributed by atoms with Gasteiger partial charge in [-0.2, -0.15) is 15.0 Å². The van der Waals surface area contributed by atoms with Gasteiger partial charge in [0.25, 0.3) is 5.91 Å². The van der Waals surface area contributed by atoms with Crippen LogP contribution in [0.25, 0.3) is 6.08 Å². The summed E-state index contributed by atoms with van der Waals surface area (Å²) in [6, 6.07) is 3.88. The first-order chi connectivity index (χ1) is 10.1. The number of aromatic hydroxyl groups is 2. The molecule has 9 nitrogen and oxygen atoms in total. The second kappa shape index (κ2) is 5.62. The highest BCUT2D eigenvalue weighted by molar-refractivity contribution is 6.02. The van der Waals surface area contributed by atoms with Crippen LogP contribution < -0.4 is 0 Å². The van der Waals surface area contributed by atoms with E-state index in [2.05, 4.69) is 15.3 Å². The zero-order valence-corrected chi connectivity index (χ0v) is 10.3. The molecule has 0 aliphatic rings. The largest absolute Gasteiger partial charge is 0.504 e. The number of aromatic nitrogens is 3. The van der Waals surface area contributed by atoms with Gasteiger partial charge < -0.3 is 10.2 Å². The van der Waals surface area contributed by atoms with Crippen molar-refractivity contribution in [1.29, 1.82) is 5.26 Å². The van der Waals surface area contributed by atoms with Crippen molar-refractivity contribution in [3.63, 3.8) is 0 Å². The minimum atomic E-state index is -0.733. The average Bonchev–Trinajstić information content (AvgIpc) is 3.01. The molecule has 2 N–H and O–H groups in total. The summed E-state index contributed by atoms with van der Waals surface area (Å²) < 4.78 is 0.855. The summed E-state index contributed by atoms with van der Waals surface area (Å²) in [7, 11) is 0. The van der Waals surface area contributed by atoms with Crippen LogP contribution in [0.1, 0.15) is 10.4 Å². The number of nitriles is 1. The van der Waals surface area contributed by atoms with Crippen molar-refractivity contribution >= 4 is 17.7 Å². The van der Waals surface area contributed by atoms with Gasteiger partial charge in [-0.15, -0.1) is 4.91 Å². The predicted octanol–water partition coefficient (Wildman–Crippen LogP) is 1.33. The topological polar surface area (TPSA) is 141 Å². The Hall–Kier alpha value is -3.54. The lowest BCUT2D eigenvalue weighted by atomic mass is 10.1. The normalized spacial score (nSPS) is 10.9. The highest BCUT2D eigenvalue weighted by Crippen LogP contribution is 2.37. The third kappa shape index (κ3) is 2.74. The molecule has 0 radical (unpaired) electrons. The quantitative estimate of drug-likeness (QED) is 0.375. The van der Waals surface area contributed by atoms with Crippen LogP contribution in [0.2, 0.25) is 0 Å². The zero-order valence-electron chi connectivity index (χ0n) is 10.3. The number of hydrogen-bond acceptors (Lipinski definition) is 8. The number of phenolic OH excluding ortho intramolecular Hbond substituents is 2. The number of carbonyl (C=O) groups excluding carboxylic acids is 1. The average molecular weight is 285 g/mol. The van der Waals surface area contributed by atoms with E-state index in [1.165, 1.54) is 0 Å². The van der Waals surface area contributed by atoms with E-state index in [1.54, 1.807) is 6.07 Å². The molecule has 0 aliphatic heterocycles. The third-order valence-electron chi connectivity index (χ3n) is 2.48. The summed E-state index contributed by atoms with van der Waals surface area (Å²) in [5.74, 6) is -2.00. The van der Waals surface area contributed by atoms with Gasteiger partial charge in [-0.05, 0) is 28.9 Å². The lowest BCUT2D eigenvalue weighted by Gasteiger charge is -2.02. The van der Waals surface area contributed by atoms with Gasteiger partial charge in [-0.25, -0.2) is 4.98 Å². The van der Waals surface area contributed by atoms with E-state index < -0.39 is 23.1 Å². The molecule has 21 heavy (non-hydrogen) atoms. The highest BCUT2D eigenvalue weighted by Gasteiger charge is 2.14. The number of hydrogen-bond donors (Lipinski definition) is 2. The van der Waals surface area contributed by atoms with Crippen molar-refractivity contribution in [3.8, 4) is 17.6 Å². The second-order valence-corrected chi connectivity index (χ2v) is 3.81. The Labute approximate surface area is 117 Å². The Morgan fingerprint density at radius 3 is 2.76 bits per heavy atom. The number of carbonyl (C=O) groups is 1. The monoisotopic (exact) mass is 285 g/mol. The minimum Gasteiger partial charge on any atom is -0.504 e. The van der Waals surface area contributed by atoms with Crippen molar-refractivity contribution in [2.45, 2.75) is 0 Å². The molecular weight excluding hydrogens is 278 g/mol. The molecule has 0 amide bonds. The summed E-state index contributed by atoms with van der Waals surface area (Å²) in [4.78, 5) is 26.0. The maximum absolute atomic E-state index is 11.9. The molecule has 0 saturated carbocycles. The summed E-state index contributed by atoms with van der Waals surface area (Å²) >= 11 is 0. The molecular formula is C12H7N5O4. The Morgan fingerprint density at radius 1 is 1.43 bits per heavy atom. The van der Waals surface area contributed by atoms with Crippen LogP contribution in [-0.4, -0.2) is 30.9 Å². The van der Waals surface area contributed by atoms with Crippen molar-refractivity contribution in [2.75, 3.05) is 0 Å². The lowest BCUT2D eigenvalue weighted by molar-refractivity contribution is 0.0946. The Bertz CT molecular complexity index is 774. The number of rotatable bonds is 3. The number of nitroso groups, excluding NO2 is 1. The van der Waals surface area contributed by atoms with Crippen LogP contribution in [0.15, 0.2) is 35.5 Å². The van der Waals surface area contributed by atoms with Gasteiger partial charge in [0.2, 0.25) is 0 Å². The maximum atomic E-state index is 11.9. The van der Waals surface area contributed by atoms with Gasteiger partial charge in [-0.1, -0.05) is 0 Å². The van der Waals surface area contributed by atoms with Crippen LogP contribution in [0.4, 0.5) is 5.69 Å². The van der Waals surface area contributed by atoms with Gasteiger partial charge in [0, 0.05) is 0 Å². The van der Waals surface area contributed by atoms with Crippen LogP contribution in [0.3, 0.4) is 0 Å². The van der Waals surface area contributed by atoms with Crippen LogP contribution >= 0.6 is 0 Å². The molecule has 1 heterocycles. The van der Waals surface area contributed by atoms with Crippen molar-refractivity contribution in [3.05, 3.63) is 40.8 Å². The molecule has 0 fully saturated rings. The van der Waals surface area contributed by atoms with E-state index in [-0.39, 0.29) is 11.1 Å². The Kier molecular flexibility index (Phi) is 3.71. The van der Waals surface area contributed by atoms with Gasteiger partial charge in [-0.3, -0.25) is 4.79 Å². The molecule has 0 atom stereocenters. The van der Waals surface area contributed by atoms with E-state index in [0.717, 1.165) is 35.5 Å². The minimum absolute atomic E-state index is 0.143. The smallest absolute Gasteiger partial charge is 0.290 e. The number of benzene rings is 1. The first kappa shape index (κ1) is 13.9. The number of allylic oxidation sites excluding steroid dienone is 1. The molecule has 0 unspecified atom stereocenters. The molecule has 2 aromatic rings. The van der Waals surface area contributed by atoms with E-state index in [0.29, 0.717) is 0 Å². The fraction of sp³-hybridized carbons (Fsp3) is 0. The number of nitrogens with zero attached hydrogens (tertiary/aromatic N) is 5. The molecule has 0 spiro atoms. The molecule has 9 heteroatoms. The fourth-order valence-corrected chi connectivity index (χ4v) is 1.52. The molecule has 1 aromatic heterocycles. The molecule has 0 aliphatic carbocycles. The first-order valence-electron chi connectivity index (χ1n) is 5.47. The third-order valence-corrected chi connectivity index (χ3v) is 2.48. The van der Waals surface area contributed by atoms with E-state index in [9.17, 15) is 19.9 Å². The van der Waals surface area contributed by atoms with Gasteiger partial charge in [0.05, 0.1) is 0 Å². The van der Waals surface area contributed by atoms with Gasteiger partial charge in [0.15, 0.2) is 17.2 Å². The molecule has 0 bridgehead atoms. The molecule has 1 aromatic carbocycles. The molecule has 2 rings (SSSR count). The van der Waals surface area contributed by atoms with Gasteiger partial charge >= 0.3 is 0 Å². The fourth-order valence-electron chi connectivity index (χ4n) is 1.52. The van der Waals surface area contributed by atoms with Crippen molar-refractivity contribution in [2.24, 2.45) is 5.18 Å². The SMILES string of the molecule is N#C/C(=C\c1cc(O)c(O)c(N=O)c1)C(=O)n1cncn1. The zero-order chi connectivity index (χ0) is 15.4. The Balaban J connectivity index is 2.46. The molecule has 0 saturated heterocycles. The number of phenols is 2. The first-order valence-corrected chi connectivity index (χ1v) is 5.47. The maximum Gasteiger partial charge on any atom is 0.290 e. The summed E-state index contributed by atoms with van der Waals surface area (Å²) in [6.07, 6.45) is 3.38. The van der Waals surface area contributed by atoms with E-state index in [4.69, 9.17) is 5.26 Å². The standard InChI is InChI=1S/C12H7N5O4/c13-4-8(12(20)17-6-14-5-15-17)1-7-2-9(16-21)11(19)10(18)3-7/h1-3,5-6,18-19H/b8-1+. The highest BCUT2D eigenvalue weighted by atomic mass is 16.3. The summed E-state index contributed by atoms with van der Waals surface area (Å²) in [5, 5.41) is 33.9. The van der Waals surface area contributed by atoms with Crippen molar-refractivity contribution < 1.29 is 15.0 Å². The summed E-state index contributed by atoms with van der Waals surface area (Å²) in [6.45, 7) is 0. The van der Waals surface area contributed by atoms with E-state index >= 15 is 0 Å². The predicted molar refractivity (Wildman–Crippen MR) is 69.5 cm³/mol. The van der Waals surface area contributed by atoms with E-state index in [1.807, 2.05) is 0 Å². The van der Waals surface area contributed by atoms with Crippen LogP contribution in [0, 0.1) is 16.2 Å². The van der Waals surface area contributed by atoms with Crippen molar-refractivity contribution in [1.82, 2.24) is 14.8 Å². The Morgan fingerprint density at radius 2 is 2.19 bits per heavy atom. The molecule has 104 valence electrons. The van der Waals surface area contributed by atoms with Crippen LogP contribution in [0.5, 0.6) is 11.5 Å².